The molecule has 3 rings (SSSR count). The fourth-order valence-corrected chi connectivity index (χ4v) is 5.99. The summed E-state index contributed by atoms with van der Waals surface area (Å²) in [5.74, 6) is -0.349. The molecule has 2 saturated heterocycles. The molecule has 0 radical (unpaired) electrons. The van der Waals surface area contributed by atoms with Gasteiger partial charge in [-0.3, -0.25) is 4.79 Å². The van der Waals surface area contributed by atoms with E-state index in [1.165, 1.54) is 30.0 Å². The van der Waals surface area contributed by atoms with Crippen LogP contribution in [0.5, 0.6) is 0 Å². The van der Waals surface area contributed by atoms with Gasteiger partial charge in [0.15, 0.2) is 0 Å². The van der Waals surface area contributed by atoms with Crippen molar-refractivity contribution in [1.82, 2.24) is 9.21 Å². The van der Waals surface area contributed by atoms with E-state index < -0.39 is 21.9 Å². The van der Waals surface area contributed by atoms with Crippen LogP contribution in [0.25, 0.3) is 0 Å². The lowest BCUT2D eigenvalue weighted by atomic mass is 10.3. The Balaban J connectivity index is 1.89. The Hall–Kier alpha value is -1.12. The molecule has 22 heavy (non-hydrogen) atoms. The lowest BCUT2D eigenvalue weighted by Gasteiger charge is -2.26. The van der Waals surface area contributed by atoms with Gasteiger partial charge in [0, 0.05) is 18.8 Å². The molecule has 5 nitrogen and oxygen atoms in total. The summed E-state index contributed by atoms with van der Waals surface area (Å²) in [6.07, 6.45) is 1.90. The van der Waals surface area contributed by atoms with Crippen LogP contribution in [0.4, 0.5) is 4.39 Å². The molecule has 1 atom stereocenters. The molecule has 0 spiro atoms. The van der Waals surface area contributed by atoms with Gasteiger partial charge in [0.2, 0.25) is 15.9 Å². The summed E-state index contributed by atoms with van der Waals surface area (Å²) >= 11 is 1.38. The maximum Gasteiger partial charge on any atom is 0.247 e. The van der Waals surface area contributed by atoms with Gasteiger partial charge < -0.3 is 4.90 Å². The molecule has 0 unspecified atom stereocenters. The van der Waals surface area contributed by atoms with Gasteiger partial charge in [-0.15, -0.1) is 11.8 Å². The van der Waals surface area contributed by atoms with E-state index in [4.69, 9.17) is 0 Å². The Morgan fingerprint density at radius 1 is 1.23 bits per heavy atom. The van der Waals surface area contributed by atoms with Crippen LogP contribution in [0, 0.1) is 5.82 Å². The average molecular weight is 344 g/mol. The van der Waals surface area contributed by atoms with Crippen LogP contribution >= 0.6 is 11.8 Å². The lowest BCUT2D eigenvalue weighted by Crippen LogP contribution is -2.48. The predicted octanol–water partition coefficient (Wildman–Crippen LogP) is 1.51. The molecule has 0 bridgehead atoms. The second-order valence-corrected chi connectivity index (χ2v) is 8.23. The second kappa shape index (κ2) is 6.17. The standard InChI is InChI=1S/C14H17FN2O3S2/c15-11-5-1-2-6-13(11)22(19,20)17-10-21-9-12(17)14(18)16-7-3-4-8-16/h1-2,5-6,12H,3-4,7-10H2/t12-/m0/s1. The molecule has 0 saturated carbocycles. The number of rotatable bonds is 3. The zero-order chi connectivity index (χ0) is 15.7. The third-order valence-electron chi connectivity index (χ3n) is 3.97. The van der Waals surface area contributed by atoms with Crippen molar-refractivity contribution in [3.05, 3.63) is 30.1 Å². The Morgan fingerprint density at radius 3 is 2.59 bits per heavy atom. The molecule has 0 aromatic heterocycles. The molecular formula is C14H17FN2O3S2. The third kappa shape index (κ3) is 2.75. The van der Waals surface area contributed by atoms with Gasteiger partial charge in [0.25, 0.3) is 0 Å². The summed E-state index contributed by atoms with van der Waals surface area (Å²) in [6.45, 7) is 1.35. The molecule has 0 aliphatic carbocycles. The summed E-state index contributed by atoms with van der Waals surface area (Å²) in [6, 6.07) is 4.56. The number of likely N-dealkylation sites (tertiary alicyclic amines) is 1. The summed E-state index contributed by atoms with van der Waals surface area (Å²) in [4.78, 5) is 13.9. The van der Waals surface area contributed by atoms with E-state index in [1.54, 1.807) is 4.90 Å². The number of hydrogen-bond acceptors (Lipinski definition) is 4. The van der Waals surface area contributed by atoms with Crippen molar-refractivity contribution in [2.75, 3.05) is 24.7 Å². The lowest BCUT2D eigenvalue weighted by molar-refractivity contribution is -0.133. The number of carbonyl (C=O) groups is 1. The summed E-state index contributed by atoms with van der Waals surface area (Å²) in [5, 5.41) is 0. The van der Waals surface area contributed by atoms with E-state index in [1.807, 2.05) is 0 Å². The van der Waals surface area contributed by atoms with Gasteiger partial charge in [0.1, 0.15) is 16.8 Å². The summed E-state index contributed by atoms with van der Waals surface area (Å²) < 4.78 is 40.4. The van der Waals surface area contributed by atoms with E-state index in [-0.39, 0.29) is 16.7 Å². The normalized spacial score (nSPS) is 23.1. The van der Waals surface area contributed by atoms with Crippen LogP contribution in [-0.4, -0.2) is 54.3 Å². The number of amides is 1. The van der Waals surface area contributed by atoms with Crippen molar-refractivity contribution in [2.45, 2.75) is 23.8 Å². The Morgan fingerprint density at radius 2 is 1.91 bits per heavy atom. The largest absolute Gasteiger partial charge is 0.341 e. The first kappa shape index (κ1) is 15.8. The number of halogens is 1. The first-order valence-corrected chi connectivity index (χ1v) is 9.74. The van der Waals surface area contributed by atoms with E-state index in [0.717, 1.165) is 23.2 Å². The fourth-order valence-electron chi connectivity index (χ4n) is 2.79. The predicted molar refractivity (Wildman–Crippen MR) is 82.4 cm³/mol. The highest BCUT2D eigenvalue weighted by Gasteiger charge is 2.42. The van der Waals surface area contributed by atoms with E-state index in [2.05, 4.69) is 0 Å². The summed E-state index contributed by atoms with van der Waals surface area (Å²) in [5.41, 5.74) is 0. The van der Waals surface area contributed by atoms with Crippen molar-refractivity contribution < 1.29 is 17.6 Å². The SMILES string of the molecule is O=C([C@@H]1CSCN1S(=O)(=O)c1ccccc1F)N1CCCC1. The fraction of sp³-hybridized carbons (Fsp3) is 0.500. The van der Waals surface area contributed by atoms with Crippen molar-refractivity contribution in [1.29, 1.82) is 0 Å². The number of benzene rings is 1. The van der Waals surface area contributed by atoms with Crippen LogP contribution in [0.1, 0.15) is 12.8 Å². The monoisotopic (exact) mass is 344 g/mol. The van der Waals surface area contributed by atoms with Gasteiger partial charge in [0.05, 0.1) is 5.88 Å². The van der Waals surface area contributed by atoms with Crippen LogP contribution in [0.3, 0.4) is 0 Å². The molecular weight excluding hydrogens is 327 g/mol. The number of hydrogen-bond donors (Lipinski definition) is 0. The summed E-state index contributed by atoms with van der Waals surface area (Å²) in [7, 11) is -4.00. The zero-order valence-electron chi connectivity index (χ0n) is 11.9. The highest BCUT2D eigenvalue weighted by Crippen LogP contribution is 2.30. The first-order valence-electron chi connectivity index (χ1n) is 7.15. The van der Waals surface area contributed by atoms with Gasteiger partial charge in [-0.05, 0) is 25.0 Å². The molecule has 0 N–H and O–H groups in total. The van der Waals surface area contributed by atoms with Gasteiger partial charge in [-0.25, -0.2) is 12.8 Å². The second-order valence-electron chi connectivity index (χ2n) is 5.37. The van der Waals surface area contributed by atoms with Crippen LogP contribution in [-0.2, 0) is 14.8 Å². The highest BCUT2D eigenvalue weighted by atomic mass is 32.2. The van der Waals surface area contributed by atoms with E-state index in [9.17, 15) is 17.6 Å². The minimum absolute atomic E-state index is 0.164. The van der Waals surface area contributed by atoms with Crippen molar-refractivity contribution >= 4 is 27.7 Å². The van der Waals surface area contributed by atoms with Crippen molar-refractivity contribution in [3.63, 3.8) is 0 Å². The maximum absolute atomic E-state index is 13.9. The molecule has 8 heteroatoms. The number of carbonyl (C=O) groups excluding carboxylic acids is 1. The maximum atomic E-state index is 13.9. The molecule has 1 aromatic rings. The van der Waals surface area contributed by atoms with Crippen molar-refractivity contribution in [2.24, 2.45) is 0 Å². The molecule has 120 valence electrons. The van der Waals surface area contributed by atoms with E-state index >= 15 is 0 Å². The van der Waals surface area contributed by atoms with Crippen LogP contribution in [0.2, 0.25) is 0 Å². The first-order chi connectivity index (χ1) is 10.5. The topological polar surface area (TPSA) is 57.7 Å². The molecule has 2 heterocycles. The Labute approximate surface area is 133 Å². The quantitative estimate of drug-likeness (QED) is 0.834. The third-order valence-corrected chi connectivity index (χ3v) is 7.03. The average Bonchev–Trinajstić information content (AvgIpc) is 3.18. The van der Waals surface area contributed by atoms with E-state index in [0.29, 0.717) is 18.8 Å². The minimum Gasteiger partial charge on any atom is -0.341 e. The molecule has 2 fully saturated rings. The Kier molecular flexibility index (Phi) is 4.42. The van der Waals surface area contributed by atoms with Gasteiger partial charge >= 0.3 is 0 Å². The van der Waals surface area contributed by atoms with Crippen LogP contribution < -0.4 is 0 Å². The molecule has 1 aromatic carbocycles. The minimum atomic E-state index is -4.00. The number of nitrogens with zero attached hydrogens (tertiary/aromatic N) is 2. The van der Waals surface area contributed by atoms with Crippen LogP contribution in [0.15, 0.2) is 29.2 Å². The molecule has 1 amide bonds. The Bertz CT molecular complexity index is 674. The smallest absolute Gasteiger partial charge is 0.247 e. The zero-order valence-corrected chi connectivity index (χ0v) is 13.6. The molecule has 2 aliphatic rings. The highest BCUT2D eigenvalue weighted by molar-refractivity contribution is 8.00. The number of thioether (sulfide) groups is 1. The van der Waals surface area contributed by atoms with Crippen molar-refractivity contribution in [3.8, 4) is 0 Å². The van der Waals surface area contributed by atoms with Gasteiger partial charge in [-0.1, -0.05) is 12.1 Å². The van der Waals surface area contributed by atoms with Gasteiger partial charge in [-0.2, -0.15) is 4.31 Å². The number of sulfonamides is 1. The molecule has 2 aliphatic heterocycles.